The summed E-state index contributed by atoms with van der Waals surface area (Å²) in [7, 11) is 1.63. The summed E-state index contributed by atoms with van der Waals surface area (Å²) in [6.45, 7) is 2.00. The average Bonchev–Trinajstić information content (AvgIpc) is 2.89. The normalized spacial score (nSPS) is 17.4. The van der Waals surface area contributed by atoms with Gasteiger partial charge >= 0.3 is 0 Å². The van der Waals surface area contributed by atoms with E-state index in [2.05, 4.69) is 0 Å². The molecule has 1 amide bonds. The van der Waals surface area contributed by atoms with Crippen LogP contribution in [-0.2, 0) is 4.79 Å². The number of thioether (sulfide) groups is 1. The van der Waals surface area contributed by atoms with E-state index in [0.717, 1.165) is 16.9 Å². The van der Waals surface area contributed by atoms with Crippen LogP contribution in [0.15, 0.2) is 59.5 Å². The zero-order valence-electron chi connectivity index (χ0n) is 13.4. The number of benzene rings is 2. The Morgan fingerprint density at radius 1 is 1.12 bits per heavy atom. The number of hydrogen-bond donors (Lipinski definition) is 0. The molecule has 3 nitrogen and oxygen atoms in total. The van der Waals surface area contributed by atoms with Gasteiger partial charge in [-0.25, -0.2) is 0 Å². The van der Waals surface area contributed by atoms with Gasteiger partial charge in [0, 0.05) is 0 Å². The van der Waals surface area contributed by atoms with Crippen LogP contribution < -0.4 is 4.74 Å². The number of carbonyl (C=O) groups is 1. The summed E-state index contributed by atoms with van der Waals surface area (Å²) in [4.78, 5) is 15.1. The molecule has 0 bridgehead atoms. The molecule has 1 fully saturated rings. The van der Waals surface area contributed by atoms with Crippen LogP contribution in [0.25, 0.3) is 6.08 Å². The molecule has 0 saturated carbocycles. The smallest absolute Gasteiger partial charge is 0.266 e. The summed E-state index contributed by atoms with van der Waals surface area (Å²) >= 11 is 6.78. The third-order valence-electron chi connectivity index (χ3n) is 3.91. The van der Waals surface area contributed by atoms with Gasteiger partial charge in [0.05, 0.1) is 18.1 Å². The van der Waals surface area contributed by atoms with Gasteiger partial charge in [-0.2, -0.15) is 0 Å². The molecule has 2 aromatic carbocycles. The Balaban J connectivity index is 1.84. The predicted octanol–water partition coefficient (Wildman–Crippen LogP) is 4.66. The van der Waals surface area contributed by atoms with Gasteiger partial charge in [-0.05, 0) is 36.3 Å². The molecule has 1 saturated heterocycles. The molecule has 3 rings (SSSR count). The average molecular weight is 355 g/mol. The molecule has 0 aliphatic carbocycles. The fraction of sp³-hybridized carbons (Fsp3) is 0.158. The molecule has 0 N–H and O–H groups in total. The summed E-state index contributed by atoms with van der Waals surface area (Å²) in [6, 6.07) is 17.4. The Labute approximate surface area is 151 Å². The van der Waals surface area contributed by atoms with Gasteiger partial charge in [-0.1, -0.05) is 66.4 Å². The van der Waals surface area contributed by atoms with Crippen molar-refractivity contribution in [2.75, 3.05) is 7.11 Å². The van der Waals surface area contributed by atoms with E-state index in [1.165, 1.54) is 11.8 Å². The van der Waals surface area contributed by atoms with Gasteiger partial charge in [0.1, 0.15) is 10.1 Å². The summed E-state index contributed by atoms with van der Waals surface area (Å²) in [6.07, 6.45) is 1.87. The topological polar surface area (TPSA) is 29.5 Å². The number of methoxy groups -OCH3 is 1. The lowest BCUT2D eigenvalue weighted by Gasteiger charge is -2.23. The molecule has 24 heavy (non-hydrogen) atoms. The minimum Gasteiger partial charge on any atom is -0.497 e. The fourth-order valence-electron chi connectivity index (χ4n) is 2.55. The number of hydrogen-bond acceptors (Lipinski definition) is 4. The molecule has 5 heteroatoms. The van der Waals surface area contributed by atoms with Crippen LogP contribution in [0.2, 0.25) is 0 Å². The first-order valence-electron chi connectivity index (χ1n) is 7.56. The highest BCUT2D eigenvalue weighted by atomic mass is 32.2. The largest absolute Gasteiger partial charge is 0.497 e. The molecule has 0 radical (unpaired) electrons. The zero-order valence-corrected chi connectivity index (χ0v) is 15.1. The van der Waals surface area contributed by atoms with Crippen molar-refractivity contribution in [1.29, 1.82) is 0 Å². The van der Waals surface area contributed by atoms with Crippen molar-refractivity contribution in [3.63, 3.8) is 0 Å². The Bertz CT molecular complexity index is 785. The van der Waals surface area contributed by atoms with Crippen molar-refractivity contribution in [3.05, 3.63) is 70.6 Å². The number of thiocarbonyl (C=S) groups is 1. The van der Waals surface area contributed by atoms with E-state index in [1.807, 2.05) is 67.6 Å². The van der Waals surface area contributed by atoms with Gasteiger partial charge in [-0.3, -0.25) is 9.69 Å². The van der Waals surface area contributed by atoms with Crippen LogP contribution in [0.1, 0.15) is 24.1 Å². The summed E-state index contributed by atoms with van der Waals surface area (Å²) in [5.74, 6) is 0.745. The molecule has 122 valence electrons. The van der Waals surface area contributed by atoms with Gasteiger partial charge in [0.15, 0.2) is 0 Å². The number of carbonyl (C=O) groups excluding carboxylic acids is 1. The SMILES string of the molecule is COc1ccc(/C=C2/SC(=S)N([C@@H](C)c3ccccc3)C2=O)cc1. The number of ether oxygens (including phenoxy) is 1. The molecule has 0 spiro atoms. The van der Waals surface area contributed by atoms with Gasteiger partial charge in [0.25, 0.3) is 5.91 Å². The van der Waals surface area contributed by atoms with Gasteiger partial charge < -0.3 is 4.74 Å². The standard InChI is InChI=1S/C19H17NO2S2/c1-13(15-6-4-3-5-7-15)20-18(21)17(24-19(20)23)12-14-8-10-16(22-2)11-9-14/h3-13H,1-2H3/b17-12+/t13-/m0/s1. The molecule has 2 aromatic rings. The molecular weight excluding hydrogens is 338 g/mol. The van der Waals surface area contributed by atoms with E-state index in [9.17, 15) is 4.79 Å². The lowest BCUT2D eigenvalue weighted by molar-refractivity contribution is -0.123. The Morgan fingerprint density at radius 3 is 2.42 bits per heavy atom. The number of nitrogens with zero attached hydrogens (tertiary/aromatic N) is 1. The highest BCUT2D eigenvalue weighted by Gasteiger charge is 2.35. The third-order valence-corrected chi connectivity index (χ3v) is 5.24. The van der Waals surface area contributed by atoms with Crippen molar-refractivity contribution >= 4 is 40.3 Å². The summed E-state index contributed by atoms with van der Waals surface area (Å²) in [5.41, 5.74) is 2.02. The maximum Gasteiger partial charge on any atom is 0.266 e. The molecule has 0 aromatic heterocycles. The summed E-state index contributed by atoms with van der Waals surface area (Å²) in [5, 5.41) is 0. The van der Waals surface area contributed by atoms with Crippen LogP contribution >= 0.6 is 24.0 Å². The van der Waals surface area contributed by atoms with E-state index < -0.39 is 0 Å². The van der Waals surface area contributed by atoms with Crippen LogP contribution in [0.4, 0.5) is 0 Å². The second kappa shape index (κ2) is 7.20. The minimum atomic E-state index is -0.0829. The summed E-state index contributed by atoms with van der Waals surface area (Å²) < 4.78 is 5.75. The lowest BCUT2D eigenvalue weighted by atomic mass is 10.1. The Hall–Kier alpha value is -2.11. The van der Waals surface area contributed by atoms with Crippen LogP contribution in [0, 0.1) is 0 Å². The fourth-order valence-corrected chi connectivity index (χ4v) is 3.96. The molecular formula is C19H17NO2S2. The first kappa shape index (κ1) is 16.7. The van der Waals surface area contributed by atoms with Crippen LogP contribution in [0.5, 0.6) is 5.75 Å². The van der Waals surface area contributed by atoms with E-state index in [1.54, 1.807) is 12.0 Å². The molecule has 1 heterocycles. The Morgan fingerprint density at radius 2 is 1.79 bits per heavy atom. The first-order chi connectivity index (χ1) is 11.6. The maximum atomic E-state index is 12.8. The van der Waals surface area contributed by atoms with Gasteiger partial charge in [0.2, 0.25) is 0 Å². The highest BCUT2D eigenvalue weighted by molar-refractivity contribution is 8.26. The Kier molecular flexibility index (Phi) is 5.02. The van der Waals surface area contributed by atoms with Crippen LogP contribution in [0.3, 0.4) is 0 Å². The monoisotopic (exact) mass is 355 g/mol. The molecule has 0 unspecified atom stereocenters. The second-order valence-electron chi connectivity index (χ2n) is 5.41. The van der Waals surface area contributed by atoms with E-state index >= 15 is 0 Å². The minimum absolute atomic E-state index is 0.0443. The number of rotatable bonds is 4. The van der Waals surface area contributed by atoms with Crippen molar-refractivity contribution < 1.29 is 9.53 Å². The highest BCUT2D eigenvalue weighted by Crippen LogP contribution is 2.38. The van der Waals surface area contributed by atoms with E-state index in [0.29, 0.717) is 9.23 Å². The quantitative estimate of drug-likeness (QED) is 0.589. The van der Waals surface area contributed by atoms with Crippen molar-refractivity contribution in [3.8, 4) is 5.75 Å². The maximum absolute atomic E-state index is 12.8. The molecule has 1 atom stereocenters. The predicted molar refractivity (Wildman–Crippen MR) is 103 cm³/mol. The molecule has 1 aliphatic heterocycles. The molecule has 1 aliphatic rings. The van der Waals surface area contributed by atoms with Crippen LogP contribution in [-0.4, -0.2) is 22.2 Å². The van der Waals surface area contributed by atoms with Gasteiger partial charge in [-0.15, -0.1) is 0 Å². The van der Waals surface area contributed by atoms with E-state index in [4.69, 9.17) is 17.0 Å². The number of amides is 1. The van der Waals surface area contributed by atoms with Crippen molar-refractivity contribution in [1.82, 2.24) is 4.90 Å². The lowest BCUT2D eigenvalue weighted by Crippen LogP contribution is -2.30. The third kappa shape index (κ3) is 3.37. The first-order valence-corrected chi connectivity index (χ1v) is 8.78. The van der Waals surface area contributed by atoms with E-state index in [-0.39, 0.29) is 11.9 Å². The second-order valence-corrected chi connectivity index (χ2v) is 7.09. The van der Waals surface area contributed by atoms with Crippen molar-refractivity contribution in [2.24, 2.45) is 0 Å². The zero-order chi connectivity index (χ0) is 17.1. The van der Waals surface area contributed by atoms with Crippen molar-refractivity contribution in [2.45, 2.75) is 13.0 Å².